The average molecular weight is 259 g/mol. The number of fused-ring (bicyclic) bond motifs is 5. The Morgan fingerprint density at radius 2 is 2.12 bits per heavy atom. The van der Waals surface area contributed by atoms with Crippen LogP contribution in [0.15, 0.2) is 42.6 Å². The van der Waals surface area contributed by atoms with Gasteiger partial charge in [-0.05, 0) is 30.3 Å². The topological polar surface area (TPSA) is 17.3 Å². The predicted molar refractivity (Wildman–Crippen MR) is 73.1 cm³/mol. The predicted octanol–water partition coefficient (Wildman–Crippen LogP) is 4.36. The van der Waals surface area contributed by atoms with Crippen LogP contribution in [0.1, 0.15) is 0 Å². The van der Waals surface area contributed by atoms with E-state index in [0.717, 1.165) is 21.6 Å². The first kappa shape index (κ1) is 9.45. The van der Waals surface area contributed by atoms with Crippen LogP contribution < -0.4 is 0 Å². The van der Waals surface area contributed by atoms with Crippen LogP contribution in [0.2, 0.25) is 5.02 Å². The fourth-order valence-corrected chi connectivity index (χ4v) is 3.41. The zero-order chi connectivity index (χ0) is 11.4. The van der Waals surface area contributed by atoms with Gasteiger partial charge in [0.15, 0.2) is 0 Å². The highest BCUT2D eigenvalue weighted by molar-refractivity contribution is 7.25. The first-order chi connectivity index (χ1) is 8.33. The molecule has 0 N–H and O–H groups in total. The average Bonchev–Trinajstić information content (AvgIpc) is 2.85. The Hall–Kier alpha value is -1.58. The van der Waals surface area contributed by atoms with E-state index in [1.54, 1.807) is 11.3 Å². The van der Waals surface area contributed by atoms with Gasteiger partial charge in [0.25, 0.3) is 0 Å². The third-order valence-corrected chi connectivity index (χ3v) is 4.28. The maximum Gasteiger partial charge on any atom is 0.138 e. The van der Waals surface area contributed by atoms with Gasteiger partial charge in [0.05, 0.1) is 0 Å². The van der Waals surface area contributed by atoms with Crippen LogP contribution in [0.4, 0.5) is 0 Å². The van der Waals surface area contributed by atoms with Crippen molar-refractivity contribution in [2.24, 2.45) is 0 Å². The van der Waals surface area contributed by atoms with E-state index >= 15 is 0 Å². The fourth-order valence-electron chi connectivity index (χ4n) is 2.13. The van der Waals surface area contributed by atoms with Gasteiger partial charge >= 0.3 is 0 Å². The molecule has 0 radical (unpaired) electrons. The van der Waals surface area contributed by atoms with E-state index in [2.05, 4.69) is 15.5 Å². The highest BCUT2D eigenvalue weighted by Gasteiger charge is 2.11. The largest absolute Gasteiger partial charge is 0.291 e. The smallest absolute Gasteiger partial charge is 0.138 e. The molecule has 0 saturated heterocycles. The molecule has 4 heteroatoms. The van der Waals surface area contributed by atoms with Crippen molar-refractivity contribution in [3.63, 3.8) is 0 Å². The van der Waals surface area contributed by atoms with Crippen LogP contribution in [-0.4, -0.2) is 9.38 Å². The minimum absolute atomic E-state index is 0.759. The lowest BCUT2D eigenvalue weighted by molar-refractivity contribution is 1.24. The van der Waals surface area contributed by atoms with Gasteiger partial charge in [0.2, 0.25) is 0 Å². The van der Waals surface area contributed by atoms with Gasteiger partial charge in [-0.2, -0.15) is 0 Å². The molecule has 17 heavy (non-hydrogen) atoms. The maximum absolute atomic E-state index is 6.04. The van der Waals surface area contributed by atoms with Crippen molar-refractivity contribution < 1.29 is 0 Å². The molecule has 82 valence electrons. The summed E-state index contributed by atoms with van der Waals surface area (Å²) in [5.74, 6) is 0. The third-order valence-electron chi connectivity index (χ3n) is 2.89. The van der Waals surface area contributed by atoms with Crippen molar-refractivity contribution >= 4 is 49.0 Å². The number of halogens is 1. The summed E-state index contributed by atoms with van der Waals surface area (Å²) in [6.07, 6.45) is 2.04. The summed E-state index contributed by atoms with van der Waals surface area (Å²) >= 11 is 7.79. The highest BCUT2D eigenvalue weighted by atomic mass is 35.5. The Labute approximate surface area is 106 Å². The van der Waals surface area contributed by atoms with Crippen LogP contribution in [0.25, 0.3) is 26.1 Å². The van der Waals surface area contributed by atoms with E-state index in [1.807, 2.05) is 36.5 Å². The molecule has 2 nitrogen and oxygen atoms in total. The van der Waals surface area contributed by atoms with Gasteiger partial charge in [-0.25, -0.2) is 4.98 Å². The molecule has 4 aromatic rings. The number of pyridine rings is 1. The van der Waals surface area contributed by atoms with Crippen LogP contribution in [-0.2, 0) is 0 Å². The number of hydrogen-bond donors (Lipinski definition) is 0. The Balaban J connectivity index is 2.30. The van der Waals surface area contributed by atoms with E-state index in [4.69, 9.17) is 11.6 Å². The van der Waals surface area contributed by atoms with Crippen molar-refractivity contribution in [1.29, 1.82) is 0 Å². The third kappa shape index (κ3) is 1.24. The Kier molecular flexibility index (Phi) is 1.79. The summed E-state index contributed by atoms with van der Waals surface area (Å²) in [7, 11) is 0. The van der Waals surface area contributed by atoms with Crippen molar-refractivity contribution in [2.45, 2.75) is 0 Å². The number of benzene rings is 1. The molecule has 0 aliphatic rings. The number of aromatic nitrogens is 2. The van der Waals surface area contributed by atoms with Crippen molar-refractivity contribution in [3.8, 4) is 0 Å². The molecule has 0 unspecified atom stereocenters. The molecule has 0 saturated carbocycles. The molecule has 0 aliphatic heterocycles. The second kappa shape index (κ2) is 3.22. The van der Waals surface area contributed by atoms with Crippen LogP contribution in [0.5, 0.6) is 0 Å². The van der Waals surface area contributed by atoms with E-state index in [1.165, 1.54) is 9.53 Å². The van der Waals surface area contributed by atoms with E-state index in [-0.39, 0.29) is 0 Å². The SMILES string of the molecule is Clc1ccc2sc3c(nc4ccccn43)c2c1. The van der Waals surface area contributed by atoms with Crippen molar-refractivity contribution in [3.05, 3.63) is 47.6 Å². The maximum atomic E-state index is 6.04. The Bertz CT molecular complexity index is 860. The summed E-state index contributed by atoms with van der Waals surface area (Å²) in [6.45, 7) is 0. The first-order valence-corrected chi connectivity index (χ1v) is 6.47. The molecule has 3 heterocycles. The van der Waals surface area contributed by atoms with Gasteiger partial charge in [-0.1, -0.05) is 17.7 Å². The van der Waals surface area contributed by atoms with Gasteiger partial charge in [-0.15, -0.1) is 11.3 Å². The summed E-state index contributed by atoms with van der Waals surface area (Å²) in [5.41, 5.74) is 2.02. The molecule has 0 spiro atoms. The van der Waals surface area contributed by atoms with Crippen molar-refractivity contribution in [2.75, 3.05) is 0 Å². The van der Waals surface area contributed by atoms with E-state index in [9.17, 15) is 0 Å². The number of imidazole rings is 1. The molecule has 0 fully saturated rings. The minimum atomic E-state index is 0.759. The van der Waals surface area contributed by atoms with Crippen LogP contribution in [0.3, 0.4) is 0 Å². The quantitative estimate of drug-likeness (QED) is 0.458. The monoisotopic (exact) mass is 258 g/mol. The number of nitrogens with zero attached hydrogens (tertiary/aromatic N) is 2. The normalized spacial score (nSPS) is 11.8. The molecule has 0 aliphatic carbocycles. The second-order valence-electron chi connectivity index (χ2n) is 3.94. The summed E-state index contributed by atoms with van der Waals surface area (Å²) in [6, 6.07) is 12.0. The number of thiophene rings is 1. The lowest BCUT2D eigenvalue weighted by Gasteiger charge is -1.91. The lowest BCUT2D eigenvalue weighted by atomic mass is 10.2. The van der Waals surface area contributed by atoms with Crippen LogP contribution >= 0.6 is 22.9 Å². The Morgan fingerprint density at radius 1 is 1.18 bits per heavy atom. The van der Waals surface area contributed by atoms with Gasteiger partial charge < -0.3 is 0 Å². The molecule has 0 bridgehead atoms. The number of rotatable bonds is 0. The van der Waals surface area contributed by atoms with Gasteiger partial charge in [0.1, 0.15) is 16.0 Å². The van der Waals surface area contributed by atoms with Gasteiger partial charge in [-0.3, -0.25) is 4.40 Å². The van der Waals surface area contributed by atoms with Crippen LogP contribution in [0, 0.1) is 0 Å². The summed E-state index contributed by atoms with van der Waals surface area (Å²) in [4.78, 5) is 5.84. The van der Waals surface area contributed by atoms with E-state index < -0.39 is 0 Å². The minimum Gasteiger partial charge on any atom is -0.291 e. The van der Waals surface area contributed by atoms with Gasteiger partial charge in [0, 0.05) is 21.3 Å². The van der Waals surface area contributed by atoms with E-state index in [0.29, 0.717) is 0 Å². The summed E-state index contributed by atoms with van der Waals surface area (Å²) < 4.78 is 3.35. The molecular weight excluding hydrogens is 252 g/mol. The zero-order valence-corrected chi connectivity index (χ0v) is 10.3. The molecular formula is C13H7ClN2S. The first-order valence-electron chi connectivity index (χ1n) is 5.28. The highest BCUT2D eigenvalue weighted by Crippen LogP contribution is 2.35. The molecule has 4 rings (SSSR count). The molecule has 0 amide bonds. The molecule has 0 atom stereocenters. The molecule has 1 aromatic carbocycles. The lowest BCUT2D eigenvalue weighted by Crippen LogP contribution is -1.79. The van der Waals surface area contributed by atoms with Crippen molar-refractivity contribution in [1.82, 2.24) is 9.38 Å². The Morgan fingerprint density at radius 3 is 3.06 bits per heavy atom. The second-order valence-corrected chi connectivity index (χ2v) is 5.40. The molecule has 3 aromatic heterocycles. The standard InChI is InChI=1S/C13H7ClN2S/c14-8-4-5-10-9(7-8)12-13(17-10)16-6-2-1-3-11(16)15-12/h1-7H. The fraction of sp³-hybridized carbons (Fsp3) is 0. The zero-order valence-electron chi connectivity index (χ0n) is 8.72. The number of hydrogen-bond acceptors (Lipinski definition) is 2. The summed E-state index contributed by atoms with van der Waals surface area (Å²) in [5, 5.41) is 1.90.